The Morgan fingerprint density at radius 3 is 2.62 bits per heavy atom. The molecule has 2 aromatic heterocycles. The summed E-state index contributed by atoms with van der Waals surface area (Å²) in [5, 5.41) is 8.88. The molecule has 3 rings (SSSR count). The van der Waals surface area contributed by atoms with E-state index in [0.717, 1.165) is 44.6 Å². The monoisotopic (exact) mass is 358 g/mol. The number of piperidine rings is 1. The maximum Gasteiger partial charge on any atom is 0.222 e. The van der Waals surface area contributed by atoms with E-state index >= 15 is 0 Å². The van der Waals surface area contributed by atoms with E-state index in [-0.39, 0.29) is 5.91 Å². The molecule has 7 heteroatoms. The fourth-order valence-electron chi connectivity index (χ4n) is 3.80. The fourth-order valence-corrected chi connectivity index (χ4v) is 3.80. The molecule has 26 heavy (non-hydrogen) atoms. The standard InChI is InChI=1S/C19H30N6O/c1-14(2)11-24-16(4)18(15(3)22-24)5-6-19(26)23-9-7-17(8-10-23)25-13-20-12-21-25/h12-14,17H,5-11H2,1-4H3. The van der Waals surface area contributed by atoms with E-state index in [1.165, 1.54) is 11.3 Å². The Morgan fingerprint density at radius 1 is 1.27 bits per heavy atom. The van der Waals surface area contributed by atoms with Crippen molar-refractivity contribution in [3.63, 3.8) is 0 Å². The molecular formula is C19H30N6O. The third-order valence-electron chi connectivity index (χ3n) is 5.29. The van der Waals surface area contributed by atoms with Gasteiger partial charge in [0.15, 0.2) is 0 Å². The summed E-state index contributed by atoms with van der Waals surface area (Å²) in [6, 6.07) is 0.361. The molecule has 0 aromatic carbocycles. The number of aryl methyl sites for hydroxylation is 1. The van der Waals surface area contributed by atoms with Gasteiger partial charge < -0.3 is 4.90 Å². The van der Waals surface area contributed by atoms with Crippen molar-refractivity contribution in [1.82, 2.24) is 29.4 Å². The third-order valence-corrected chi connectivity index (χ3v) is 5.29. The van der Waals surface area contributed by atoms with Gasteiger partial charge in [0.1, 0.15) is 12.7 Å². The van der Waals surface area contributed by atoms with Crippen molar-refractivity contribution in [3.8, 4) is 0 Å². The molecule has 0 unspecified atom stereocenters. The van der Waals surface area contributed by atoms with Crippen LogP contribution in [0.1, 0.15) is 56.1 Å². The molecule has 0 saturated carbocycles. The number of aromatic nitrogens is 5. The lowest BCUT2D eigenvalue weighted by Gasteiger charge is -2.32. The first kappa shape index (κ1) is 18.6. The summed E-state index contributed by atoms with van der Waals surface area (Å²) in [6.07, 6.45) is 6.56. The first-order valence-electron chi connectivity index (χ1n) is 9.60. The Labute approximate surface area is 155 Å². The number of carbonyl (C=O) groups excluding carboxylic acids is 1. The Morgan fingerprint density at radius 2 is 2.00 bits per heavy atom. The number of hydrogen-bond acceptors (Lipinski definition) is 4. The Balaban J connectivity index is 1.53. The summed E-state index contributed by atoms with van der Waals surface area (Å²) >= 11 is 0. The molecule has 2 aromatic rings. The Kier molecular flexibility index (Phi) is 5.74. The second-order valence-electron chi connectivity index (χ2n) is 7.71. The van der Waals surface area contributed by atoms with E-state index in [1.54, 1.807) is 12.7 Å². The van der Waals surface area contributed by atoms with E-state index in [9.17, 15) is 4.79 Å². The first-order chi connectivity index (χ1) is 12.5. The van der Waals surface area contributed by atoms with Gasteiger partial charge in [-0.15, -0.1) is 0 Å². The predicted octanol–water partition coefficient (Wildman–Crippen LogP) is 2.54. The van der Waals surface area contributed by atoms with Crippen molar-refractivity contribution in [2.45, 2.75) is 66.0 Å². The van der Waals surface area contributed by atoms with Crippen molar-refractivity contribution in [3.05, 3.63) is 29.6 Å². The number of likely N-dealkylation sites (tertiary alicyclic amines) is 1. The van der Waals surface area contributed by atoms with Gasteiger partial charge in [-0.2, -0.15) is 10.2 Å². The van der Waals surface area contributed by atoms with Crippen LogP contribution in [0.4, 0.5) is 0 Å². The van der Waals surface area contributed by atoms with Crippen LogP contribution in [0.2, 0.25) is 0 Å². The largest absolute Gasteiger partial charge is 0.343 e. The molecule has 142 valence electrons. The number of rotatable bonds is 6. The number of carbonyl (C=O) groups is 1. The fraction of sp³-hybridized carbons (Fsp3) is 0.684. The zero-order chi connectivity index (χ0) is 18.7. The van der Waals surface area contributed by atoms with Gasteiger partial charge in [0.25, 0.3) is 0 Å². The van der Waals surface area contributed by atoms with E-state index in [2.05, 4.69) is 40.6 Å². The molecule has 3 heterocycles. The molecule has 1 aliphatic rings. The smallest absolute Gasteiger partial charge is 0.222 e. The van der Waals surface area contributed by atoms with Gasteiger partial charge in [-0.05, 0) is 44.6 Å². The quantitative estimate of drug-likeness (QED) is 0.796. The van der Waals surface area contributed by atoms with Crippen LogP contribution in [0.3, 0.4) is 0 Å². The van der Waals surface area contributed by atoms with Crippen LogP contribution in [-0.2, 0) is 17.8 Å². The minimum atomic E-state index is 0.248. The van der Waals surface area contributed by atoms with Gasteiger partial charge in [-0.1, -0.05) is 13.8 Å². The highest BCUT2D eigenvalue weighted by Gasteiger charge is 2.24. The van der Waals surface area contributed by atoms with E-state index in [1.807, 2.05) is 16.5 Å². The minimum absolute atomic E-state index is 0.248. The maximum absolute atomic E-state index is 12.6. The molecule has 7 nitrogen and oxygen atoms in total. The van der Waals surface area contributed by atoms with Gasteiger partial charge in [-0.3, -0.25) is 9.48 Å². The van der Waals surface area contributed by atoms with Gasteiger partial charge in [0.05, 0.1) is 11.7 Å². The SMILES string of the molecule is Cc1nn(CC(C)C)c(C)c1CCC(=O)N1CCC(n2cncn2)CC1. The van der Waals surface area contributed by atoms with Crippen LogP contribution in [0.5, 0.6) is 0 Å². The van der Waals surface area contributed by atoms with E-state index in [0.29, 0.717) is 18.4 Å². The summed E-state index contributed by atoms with van der Waals surface area (Å²) in [7, 11) is 0. The summed E-state index contributed by atoms with van der Waals surface area (Å²) in [5.74, 6) is 0.811. The average molecular weight is 358 g/mol. The first-order valence-corrected chi connectivity index (χ1v) is 9.60. The number of hydrogen-bond donors (Lipinski definition) is 0. The zero-order valence-corrected chi connectivity index (χ0v) is 16.4. The van der Waals surface area contributed by atoms with Crippen LogP contribution in [0, 0.1) is 19.8 Å². The lowest BCUT2D eigenvalue weighted by molar-refractivity contribution is -0.132. The molecule has 0 N–H and O–H groups in total. The summed E-state index contributed by atoms with van der Waals surface area (Å²) in [6.45, 7) is 11.1. The Bertz CT molecular complexity index is 726. The lowest BCUT2D eigenvalue weighted by atomic mass is 10.0. The predicted molar refractivity (Wildman–Crippen MR) is 99.7 cm³/mol. The number of amides is 1. The van der Waals surface area contributed by atoms with Crippen LogP contribution >= 0.6 is 0 Å². The topological polar surface area (TPSA) is 68.8 Å². The van der Waals surface area contributed by atoms with Crippen LogP contribution in [0.15, 0.2) is 12.7 Å². The van der Waals surface area contributed by atoms with Crippen molar-refractivity contribution >= 4 is 5.91 Å². The third kappa shape index (κ3) is 4.14. The second-order valence-corrected chi connectivity index (χ2v) is 7.71. The molecule has 0 aliphatic carbocycles. The summed E-state index contributed by atoms with van der Waals surface area (Å²) in [4.78, 5) is 18.6. The van der Waals surface area contributed by atoms with E-state index in [4.69, 9.17) is 0 Å². The van der Waals surface area contributed by atoms with Crippen molar-refractivity contribution in [1.29, 1.82) is 0 Å². The minimum Gasteiger partial charge on any atom is -0.343 e. The molecule has 0 radical (unpaired) electrons. The van der Waals surface area contributed by atoms with E-state index < -0.39 is 0 Å². The molecule has 1 fully saturated rings. The number of nitrogens with zero attached hydrogens (tertiary/aromatic N) is 6. The van der Waals surface area contributed by atoms with Crippen molar-refractivity contribution in [2.75, 3.05) is 13.1 Å². The summed E-state index contributed by atoms with van der Waals surface area (Å²) in [5.41, 5.74) is 3.49. The highest BCUT2D eigenvalue weighted by Crippen LogP contribution is 2.22. The molecular weight excluding hydrogens is 328 g/mol. The van der Waals surface area contributed by atoms with Gasteiger partial charge >= 0.3 is 0 Å². The van der Waals surface area contributed by atoms with Crippen molar-refractivity contribution < 1.29 is 4.79 Å². The molecule has 0 spiro atoms. The van der Waals surface area contributed by atoms with Gasteiger partial charge in [0.2, 0.25) is 5.91 Å². The highest BCUT2D eigenvalue weighted by molar-refractivity contribution is 5.76. The van der Waals surface area contributed by atoms with Crippen LogP contribution in [0.25, 0.3) is 0 Å². The zero-order valence-electron chi connectivity index (χ0n) is 16.4. The van der Waals surface area contributed by atoms with Crippen LogP contribution in [-0.4, -0.2) is 48.4 Å². The maximum atomic E-state index is 12.6. The van der Waals surface area contributed by atoms with Crippen molar-refractivity contribution in [2.24, 2.45) is 5.92 Å². The average Bonchev–Trinajstić information content (AvgIpc) is 3.23. The lowest BCUT2D eigenvalue weighted by Crippen LogP contribution is -2.39. The highest BCUT2D eigenvalue weighted by atomic mass is 16.2. The molecule has 1 aliphatic heterocycles. The molecule has 1 saturated heterocycles. The van der Waals surface area contributed by atoms with Crippen LogP contribution < -0.4 is 0 Å². The normalized spacial score (nSPS) is 15.8. The molecule has 1 amide bonds. The van der Waals surface area contributed by atoms with Gasteiger partial charge in [0, 0.05) is 31.7 Å². The van der Waals surface area contributed by atoms with Gasteiger partial charge in [-0.25, -0.2) is 9.67 Å². The second kappa shape index (κ2) is 8.01. The Hall–Kier alpha value is -2.18. The summed E-state index contributed by atoms with van der Waals surface area (Å²) < 4.78 is 4.00. The molecule has 0 bridgehead atoms. The molecule has 0 atom stereocenters.